The number of amides is 1. The number of aldehydes is 1. The zero-order valence-electron chi connectivity index (χ0n) is 18.7. The maximum atomic E-state index is 12.9. The highest BCUT2D eigenvalue weighted by atomic mass is 16.7. The first-order valence-corrected chi connectivity index (χ1v) is 10.5. The Balaban J connectivity index is 1.80. The van der Waals surface area contributed by atoms with Crippen LogP contribution in [0.3, 0.4) is 0 Å². The molecule has 0 aromatic heterocycles. The van der Waals surface area contributed by atoms with Gasteiger partial charge < -0.3 is 54.5 Å². The summed E-state index contributed by atoms with van der Waals surface area (Å²) in [6.45, 7) is 0. The van der Waals surface area contributed by atoms with Crippen LogP contribution in [0.2, 0.25) is 0 Å². The molecule has 6 N–H and O–H groups in total. The largest absolute Gasteiger partial charge is 0.479 e. The molecule has 0 aliphatic carbocycles. The lowest BCUT2D eigenvalue weighted by molar-refractivity contribution is -0.348. The van der Waals surface area contributed by atoms with Crippen molar-refractivity contribution in [3.8, 4) is 0 Å². The van der Waals surface area contributed by atoms with Crippen molar-refractivity contribution in [2.75, 3.05) is 19.5 Å². The van der Waals surface area contributed by atoms with Crippen molar-refractivity contribution in [3.05, 3.63) is 29.8 Å². The summed E-state index contributed by atoms with van der Waals surface area (Å²) in [4.78, 5) is 35.4. The van der Waals surface area contributed by atoms with Gasteiger partial charge in [-0.05, 0) is 24.3 Å². The van der Waals surface area contributed by atoms with E-state index in [1.165, 1.54) is 31.4 Å². The van der Waals surface area contributed by atoms with Gasteiger partial charge >= 0.3 is 5.97 Å². The second-order valence-corrected chi connectivity index (χ2v) is 7.92. The fraction of sp³-hybridized carbons (Fsp3) is 0.571. The van der Waals surface area contributed by atoms with Gasteiger partial charge in [0.15, 0.2) is 24.8 Å². The molecule has 0 saturated carbocycles. The average Bonchev–Trinajstić information content (AvgIpc) is 2.84. The van der Waals surface area contributed by atoms with Crippen LogP contribution in [-0.2, 0) is 33.3 Å². The number of rotatable bonds is 8. The number of anilines is 1. The summed E-state index contributed by atoms with van der Waals surface area (Å²) in [6.07, 6.45) is -16.4. The highest BCUT2D eigenvalue weighted by molar-refractivity contribution is 5.95. The number of carboxylic acid groups (broad SMARTS) is 1. The molecule has 9 unspecified atom stereocenters. The van der Waals surface area contributed by atoms with Gasteiger partial charge in [0, 0.05) is 25.5 Å². The minimum Gasteiger partial charge on any atom is -0.479 e. The number of nitrogens with one attached hydrogen (secondary N) is 1. The Labute approximate surface area is 198 Å². The summed E-state index contributed by atoms with van der Waals surface area (Å²) in [5.74, 6) is -2.39. The molecule has 14 heteroatoms. The zero-order chi connectivity index (χ0) is 25.9. The zero-order valence-corrected chi connectivity index (χ0v) is 18.7. The first-order chi connectivity index (χ1) is 16.6. The summed E-state index contributed by atoms with van der Waals surface area (Å²) in [6, 6.07) is 5.81. The predicted molar refractivity (Wildman–Crippen MR) is 112 cm³/mol. The van der Waals surface area contributed by atoms with Gasteiger partial charge in [0.1, 0.15) is 42.9 Å². The van der Waals surface area contributed by atoms with Crippen LogP contribution in [0.15, 0.2) is 24.3 Å². The molecule has 0 bridgehead atoms. The van der Waals surface area contributed by atoms with Crippen LogP contribution in [0.4, 0.5) is 5.69 Å². The Hall–Kier alpha value is -2.53. The first-order valence-electron chi connectivity index (χ1n) is 10.5. The molecule has 2 saturated heterocycles. The van der Waals surface area contributed by atoms with Crippen molar-refractivity contribution < 1.29 is 63.6 Å². The molecule has 1 aromatic rings. The summed E-state index contributed by atoms with van der Waals surface area (Å²) >= 11 is 0. The van der Waals surface area contributed by atoms with Gasteiger partial charge in [0.25, 0.3) is 5.91 Å². The summed E-state index contributed by atoms with van der Waals surface area (Å²) in [5.41, 5.74) is 0.658. The molecule has 1 aromatic carbocycles. The molecular weight excluding hydrogens is 474 g/mol. The van der Waals surface area contributed by atoms with E-state index in [0.717, 1.165) is 7.11 Å². The van der Waals surface area contributed by atoms with Gasteiger partial charge in [-0.1, -0.05) is 0 Å². The van der Waals surface area contributed by atoms with E-state index in [9.17, 15) is 39.9 Å². The Morgan fingerprint density at radius 2 is 1.43 bits per heavy atom. The van der Waals surface area contributed by atoms with E-state index in [1.807, 2.05) is 0 Å². The number of carbonyl (C=O) groups excluding carboxylic acids is 2. The third-order valence-electron chi connectivity index (χ3n) is 5.70. The summed E-state index contributed by atoms with van der Waals surface area (Å²) in [5, 5.41) is 53.6. The SMILES string of the molecule is COC1OC(C(=O)O)C(OC2O[C@@H](C(=O)Nc3ccc(C=O)cc3)C(OC)C(O)C2O)C(O)C1O. The lowest BCUT2D eigenvalue weighted by Crippen LogP contribution is -2.66. The molecule has 3 rings (SSSR count). The molecule has 2 fully saturated rings. The lowest BCUT2D eigenvalue weighted by Gasteiger charge is -2.45. The average molecular weight is 501 g/mol. The van der Waals surface area contributed by atoms with Crippen molar-refractivity contribution in [1.82, 2.24) is 0 Å². The van der Waals surface area contributed by atoms with Crippen molar-refractivity contribution >= 4 is 23.9 Å². The maximum absolute atomic E-state index is 12.9. The van der Waals surface area contributed by atoms with Gasteiger partial charge in [-0.15, -0.1) is 0 Å². The minimum absolute atomic E-state index is 0.285. The van der Waals surface area contributed by atoms with Crippen LogP contribution in [0.5, 0.6) is 0 Å². The van der Waals surface area contributed by atoms with E-state index in [1.54, 1.807) is 0 Å². The molecular formula is C21H27NO13. The number of aliphatic hydroxyl groups excluding tert-OH is 4. The van der Waals surface area contributed by atoms with Crippen molar-refractivity contribution in [3.63, 3.8) is 0 Å². The number of aliphatic hydroxyl groups is 4. The van der Waals surface area contributed by atoms with Crippen LogP contribution in [0.25, 0.3) is 0 Å². The van der Waals surface area contributed by atoms with Gasteiger partial charge in [-0.25, -0.2) is 4.79 Å². The number of carbonyl (C=O) groups is 3. The van der Waals surface area contributed by atoms with Gasteiger partial charge in [-0.2, -0.15) is 0 Å². The van der Waals surface area contributed by atoms with E-state index < -0.39 is 73.3 Å². The molecule has 2 aliphatic rings. The molecule has 14 nitrogen and oxygen atoms in total. The molecule has 10 atom stereocenters. The van der Waals surface area contributed by atoms with E-state index in [4.69, 9.17) is 23.7 Å². The number of methoxy groups -OCH3 is 2. The van der Waals surface area contributed by atoms with Crippen molar-refractivity contribution in [1.29, 1.82) is 0 Å². The minimum atomic E-state index is -1.86. The second kappa shape index (κ2) is 11.5. The van der Waals surface area contributed by atoms with E-state index in [-0.39, 0.29) is 5.69 Å². The van der Waals surface area contributed by atoms with E-state index in [0.29, 0.717) is 11.8 Å². The van der Waals surface area contributed by atoms with Crippen LogP contribution in [-0.4, -0.2) is 119 Å². The highest BCUT2D eigenvalue weighted by Gasteiger charge is 2.54. The Morgan fingerprint density at radius 1 is 0.857 bits per heavy atom. The first kappa shape index (κ1) is 27.1. The normalized spacial score (nSPS) is 37.4. The van der Waals surface area contributed by atoms with Crippen LogP contribution in [0, 0.1) is 0 Å². The highest BCUT2D eigenvalue weighted by Crippen LogP contribution is 2.30. The van der Waals surface area contributed by atoms with Gasteiger partial charge in [-0.3, -0.25) is 9.59 Å². The Morgan fingerprint density at radius 3 is 1.97 bits per heavy atom. The number of benzene rings is 1. The fourth-order valence-electron chi connectivity index (χ4n) is 3.82. The number of hydrogen-bond acceptors (Lipinski definition) is 12. The lowest BCUT2D eigenvalue weighted by atomic mass is 9.96. The number of hydrogen-bond donors (Lipinski definition) is 6. The summed E-state index contributed by atoms with van der Waals surface area (Å²) < 4.78 is 26.0. The number of ether oxygens (including phenoxy) is 5. The van der Waals surface area contributed by atoms with Crippen molar-refractivity contribution in [2.45, 2.75) is 61.4 Å². The number of carboxylic acids is 1. The van der Waals surface area contributed by atoms with Crippen molar-refractivity contribution in [2.24, 2.45) is 0 Å². The topological polar surface area (TPSA) is 211 Å². The molecule has 0 spiro atoms. The Bertz CT molecular complexity index is 896. The maximum Gasteiger partial charge on any atom is 0.335 e. The molecule has 194 valence electrons. The fourth-order valence-corrected chi connectivity index (χ4v) is 3.82. The quantitative estimate of drug-likeness (QED) is 0.203. The molecule has 35 heavy (non-hydrogen) atoms. The number of aliphatic carboxylic acids is 1. The molecule has 1 amide bonds. The Kier molecular flexibility index (Phi) is 8.87. The van der Waals surface area contributed by atoms with E-state index in [2.05, 4.69) is 5.32 Å². The summed E-state index contributed by atoms with van der Waals surface area (Å²) in [7, 11) is 2.30. The molecule has 2 aliphatic heterocycles. The van der Waals surface area contributed by atoms with Crippen LogP contribution >= 0.6 is 0 Å². The third-order valence-corrected chi connectivity index (χ3v) is 5.70. The standard InChI is InChI=1S/C21H27NO13/c1-31-14-10(24)13(27)21(33-15-11(25)12(26)20(32-2)35-17(15)19(29)30)34-16(14)18(28)22-9-5-3-8(7-23)4-6-9/h3-7,10-17,20-21,24-27H,1-2H3,(H,22,28)(H,29,30)/t10?,11?,12?,13?,14?,15?,16-,17?,20?,21?/m1/s1. The molecule has 0 radical (unpaired) electrons. The van der Waals surface area contributed by atoms with Crippen LogP contribution < -0.4 is 5.32 Å². The van der Waals surface area contributed by atoms with Gasteiger partial charge in [0.05, 0.1) is 0 Å². The van der Waals surface area contributed by atoms with E-state index >= 15 is 0 Å². The van der Waals surface area contributed by atoms with Gasteiger partial charge in [0.2, 0.25) is 0 Å². The predicted octanol–water partition coefficient (Wildman–Crippen LogP) is -2.54. The monoisotopic (exact) mass is 501 g/mol. The second-order valence-electron chi connectivity index (χ2n) is 7.92. The molecule has 2 heterocycles. The third kappa shape index (κ3) is 5.66. The van der Waals surface area contributed by atoms with Crippen LogP contribution in [0.1, 0.15) is 10.4 Å². The smallest absolute Gasteiger partial charge is 0.335 e.